The average molecular weight is 391 g/mol. The SMILES string of the molecule is Cc1nn(Cc2ccccc2)c(C)c1C(=O)OCC(=O)NC(=O)c1ccccc1. The topological polar surface area (TPSA) is 90.3 Å². The second kappa shape index (κ2) is 8.97. The van der Waals surface area contributed by atoms with Gasteiger partial charge >= 0.3 is 5.97 Å². The van der Waals surface area contributed by atoms with Crippen LogP contribution in [0.15, 0.2) is 60.7 Å². The monoisotopic (exact) mass is 391 g/mol. The van der Waals surface area contributed by atoms with E-state index in [0.29, 0.717) is 29.1 Å². The lowest BCUT2D eigenvalue weighted by molar-refractivity contribution is -0.123. The van der Waals surface area contributed by atoms with Crippen LogP contribution < -0.4 is 5.32 Å². The molecule has 7 heteroatoms. The molecule has 2 amide bonds. The van der Waals surface area contributed by atoms with Crippen LogP contribution in [0.4, 0.5) is 0 Å². The molecule has 1 heterocycles. The average Bonchev–Trinajstić information content (AvgIpc) is 3.00. The third kappa shape index (κ3) is 4.95. The van der Waals surface area contributed by atoms with Crippen molar-refractivity contribution in [2.75, 3.05) is 6.61 Å². The fourth-order valence-corrected chi connectivity index (χ4v) is 2.93. The lowest BCUT2D eigenvalue weighted by Gasteiger charge is -2.07. The molecule has 7 nitrogen and oxygen atoms in total. The number of aryl methyl sites for hydroxylation is 1. The van der Waals surface area contributed by atoms with Gasteiger partial charge in [0.05, 0.1) is 17.9 Å². The van der Waals surface area contributed by atoms with Crippen LogP contribution in [-0.2, 0) is 16.1 Å². The van der Waals surface area contributed by atoms with Crippen molar-refractivity contribution in [3.8, 4) is 0 Å². The Morgan fingerprint density at radius 3 is 2.24 bits per heavy atom. The Hall–Kier alpha value is -3.74. The molecule has 0 fully saturated rings. The number of hydrogen-bond donors (Lipinski definition) is 1. The number of amides is 2. The van der Waals surface area contributed by atoms with Crippen molar-refractivity contribution in [3.63, 3.8) is 0 Å². The zero-order chi connectivity index (χ0) is 20.8. The highest BCUT2D eigenvalue weighted by molar-refractivity contribution is 6.05. The fraction of sp³-hybridized carbons (Fsp3) is 0.182. The molecule has 148 valence electrons. The van der Waals surface area contributed by atoms with Crippen LogP contribution in [0, 0.1) is 13.8 Å². The molecular weight excluding hydrogens is 370 g/mol. The van der Waals surface area contributed by atoms with Gasteiger partial charge < -0.3 is 4.74 Å². The lowest BCUT2D eigenvalue weighted by Crippen LogP contribution is -2.34. The maximum atomic E-state index is 12.5. The molecule has 0 saturated carbocycles. The maximum Gasteiger partial charge on any atom is 0.342 e. The van der Waals surface area contributed by atoms with E-state index in [9.17, 15) is 14.4 Å². The van der Waals surface area contributed by atoms with E-state index in [-0.39, 0.29) is 0 Å². The number of nitrogens with zero attached hydrogens (tertiary/aromatic N) is 2. The van der Waals surface area contributed by atoms with Crippen LogP contribution in [0.3, 0.4) is 0 Å². The summed E-state index contributed by atoms with van der Waals surface area (Å²) in [6, 6.07) is 18.1. The quantitative estimate of drug-likeness (QED) is 0.653. The van der Waals surface area contributed by atoms with E-state index < -0.39 is 24.4 Å². The predicted molar refractivity (Wildman–Crippen MR) is 106 cm³/mol. The standard InChI is InChI=1S/C22H21N3O4/c1-15-20(16(2)25(24-15)13-17-9-5-3-6-10-17)22(28)29-14-19(26)23-21(27)18-11-7-4-8-12-18/h3-12H,13-14H2,1-2H3,(H,23,26,27). The summed E-state index contributed by atoms with van der Waals surface area (Å²) < 4.78 is 6.82. The summed E-state index contributed by atoms with van der Waals surface area (Å²) in [5.74, 6) is -1.89. The molecule has 1 N–H and O–H groups in total. The van der Waals surface area contributed by atoms with E-state index in [1.54, 1.807) is 48.9 Å². The normalized spacial score (nSPS) is 10.4. The van der Waals surface area contributed by atoms with Gasteiger partial charge in [-0.2, -0.15) is 5.10 Å². The number of aromatic nitrogens is 2. The van der Waals surface area contributed by atoms with Crippen molar-refractivity contribution >= 4 is 17.8 Å². The Morgan fingerprint density at radius 2 is 1.59 bits per heavy atom. The van der Waals surface area contributed by atoms with Crippen LogP contribution in [0.2, 0.25) is 0 Å². The molecule has 0 bridgehead atoms. The number of nitrogens with one attached hydrogen (secondary N) is 1. The van der Waals surface area contributed by atoms with Gasteiger partial charge in [-0.05, 0) is 31.5 Å². The van der Waals surface area contributed by atoms with Gasteiger partial charge in [0, 0.05) is 5.56 Å². The van der Waals surface area contributed by atoms with Gasteiger partial charge in [0.1, 0.15) is 5.56 Å². The molecular formula is C22H21N3O4. The minimum atomic E-state index is -0.695. The molecule has 2 aromatic carbocycles. The molecule has 29 heavy (non-hydrogen) atoms. The summed E-state index contributed by atoms with van der Waals surface area (Å²) in [6.07, 6.45) is 0. The van der Waals surface area contributed by atoms with Crippen molar-refractivity contribution in [1.29, 1.82) is 0 Å². The molecule has 3 aromatic rings. The molecule has 0 radical (unpaired) electrons. The number of rotatable bonds is 6. The molecule has 0 saturated heterocycles. The first kappa shape index (κ1) is 20.0. The van der Waals surface area contributed by atoms with Crippen LogP contribution in [-0.4, -0.2) is 34.2 Å². The van der Waals surface area contributed by atoms with Crippen LogP contribution in [0.1, 0.15) is 37.7 Å². The molecule has 1 aromatic heterocycles. The second-order valence-corrected chi connectivity index (χ2v) is 6.51. The highest BCUT2D eigenvalue weighted by Crippen LogP contribution is 2.16. The first-order valence-corrected chi connectivity index (χ1v) is 9.10. The summed E-state index contributed by atoms with van der Waals surface area (Å²) in [5, 5.41) is 6.60. The Kier molecular flexibility index (Phi) is 6.19. The summed E-state index contributed by atoms with van der Waals surface area (Å²) in [7, 11) is 0. The highest BCUT2D eigenvalue weighted by atomic mass is 16.5. The van der Waals surface area contributed by atoms with Crippen LogP contribution in [0.5, 0.6) is 0 Å². The van der Waals surface area contributed by atoms with Crippen molar-refractivity contribution in [2.45, 2.75) is 20.4 Å². The lowest BCUT2D eigenvalue weighted by atomic mass is 10.2. The molecule has 3 rings (SSSR count). The summed E-state index contributed by atoms with van der Waals surface area (Å²) in [6.45, 7) is 3.45. The number of esters is 1. The summed E-state index contributed by atoms with van der Waals surface area (Å²) >= 11 is 0. The maximum absolute atomic E-state index is 12.5. The van der Waals surface area contributed by atoms with Gasteiger partial charge in [-0.1, -0.05) is 48.5 Å². The third-order valence-electron chi connectivity index (χ3n) is 4.38. The van der Waals surface area contributed by atoms with Gasteiger partial charge in [-0.3, -0.25) is 19.6 Å². The second-order valence-electron chi connectivity index (χ2n) is 6.51. The van der Waals surface area contributed by atoms with E-state index in [2.05, 4.69) is 10.4 Å². The Morgan fingerprint density at radius 1 is 0.966 bits per heavy atom. The summed E-state index contributed by atoms with van der Waals surface area (Å²) in [5.41, 5.74) is 2.89. The molecule has 0 spiro atoms. The zero-order valence-corrected chi connectivity index (χ0v) is 16.2. The number of hydrogen-bond acceptors (Lipinski definition) is 5. The minimum absolute atomic E-state index is 0.322. The number of carbonyl (C=O) groups excluding carboxylic acids is 3. The molecule has 0 aliphatic carbocycles. The number of carbonyl (C=O) groups is 3. The minimum Gasteiger partial charge on any atom is -0.452 e. The van der Waals surface area contributed by atoms with E-state index in [4.69, 9.17) is 4.74 Å². The van der Waals surface area contributed by atoms with E-state index in [0.717, 1.165) is 5.56 Å². The molecule has 0 aliphatic rings. The summed E-state index contributed by atoms with van der Waals surface area (Å²) in [4.78, 5) is 36.4. The van der Waals surface area contributed by atoms with Crippen molar-refractivity contribution in [1.82, 2.24) is 15.1 Å². The first-order valence-electron chi connectivity index (χ1n) is 9.10. The van der Waals surface area contributed by atoms with Crippen molar-refractivity contribution in [3.05, 3.63) is 88.7 Å². The predicted octanol–water partition coefficient (Wildman–Crippen LogP) is 2.66. The van der Waals surface area contributed by atoms with Gasteiger partial charge in [-0.25, -0.2) is 4.79 Å². The highest BCUT2D eigenvalue weighted by Gasteiger charge is 2.21. The fourth-order valence-electron chi connectivity index (χ4n) is 2.93. The molecule has 0 atom stereocenters. The van der Waals surface area contributed by atoms with E-state index >= 15 is 0 Å². The van der Waals surface area contributed by atoms with Crippen molar-refractivity contribution < 1.29 is 19.1 Å². The van der Waals surface area contributed by atoms with E-state index in [1.807, 2.05) is 30.3 Å². The number of ether oxygens (including phenoxy) is 1. The molecule has 0 unspecified atom stereocenters. The van der Waals surface area contributed by atoms with Gasteiger partial charge in [-0.15, -0.1) is 0 Å². The number of imide groups is 1. The Balaban J connectivity index is 1.60. The third-order valence-corrected chi connectivity index (χ3v) is 4.38. The zero-order valence-electron chi connectivity index (χ0n) is 16.2. The van der Waals surface area contributed by atoms with Crippen LogP contribution in [0.25, 0.3) is 0 Å². The largest absolute Gasteiger partial charge is 0.452 e. The van der Waals surface area contributed by atoms with E-state index in [1.165, 1.54) is 0 Å². The smallest absolute Gasteiger partial charge is 0.342 e. The van der Waals surface area contributed by atoms with Crippen molar-refractivity contribution in [2.24, 2.45) is 0 Å². The van der Waals surface area contributed by atoms with Gasteiger partial charge in [0.15, 0.2) is 6.61 Å². The first-order chi connectivity index (χ1) is 14.0. The Labute approximate surface area is 168 Å². The van der Waals surface area contributed by atoms with Crippen LogP contribution >= 0.6 is 0 Å². The van der Waals surface area contributed by atoms with Gasteiger partial charge in [0.2, 0.25) is 0 Å². The van der Waals surface area contributed by atoms with Gasteiger partial charge in [0.25, 0.3) is 11.8 Å². The molecule has 0 aliphatic heterocycles. The number of benzene rings is 2. The Bertz CT molecular complexity index is 1030.